The standard InChI is InChI=1S/C11H12O3/c1-12-8-7-9-5-4-6-10(13-2)11(9)14-3/h4-6H,1-3H3. The fourth-order valence-electron chi connectivity index (χ4n) is 1.09. The van der Waals surface area contributed by atoms with Gasteiger partial charge in [-0.3, -0.25) is 0 Å². The molecule has 0 fully saturated rings. The predicted octanol–water partition coefficient (Wildman–Crippen LogP) is 1.66. The van der Waals surface area contributed by atoms with Gasteiger partial charge in [-0.2, -0.15) is 0 Å². The smallest absolute Gasteiger partial charge is 0.176 e. The van der Waals surface area contributed by atoms with Crippen molar-refractivity contribution in [1.82, 2.24) is 0 Å². The summed E-state index contributed by atoms with van der Waals surface area (Å²) in [7, 11) is 4.68. The molecule has 1 aromatic rings. The van der Waals surface area contributed by atoms with E-state index in [0.717, 1.165) is 5.56 Å². The second-order valence-electron chi connectivity index (χ2n) is 2.47. The van der Waals surface area contributed by atoms with Crippen LogP contribution >= 0.6 is 0 Å². The van der Waals surface area contributed by atoms with E-state index in [1.807, 2.05) is 18.2 Å². The molecule has 0 amide bonds. The molecular formula is C11H12O3. The van der Waals surface area contributed by atoms with E-state index in [9.17, 15) is 0 Å². The Hall–Kier alpha value is -1.82. The number of rotatable bonds is 2. The normalized spacial score (nSPS) is 8.50. The van der Waals surface area contributed by atoms with E-state index in [2.05, 4.69) is 16.8 Å². The van der Waals surface area contributed by atoms with Gasteiger partial charge in [0.25, 0.3) is 0 Å². The van der Waals surface area contributed by atoms with E-state index in [0.29, 0.717) is 11.5 Å². The largest absolute Gasteiger partial charge is 0.493 e. The molecule has 0 aliphatic heterocycles. The molecule has 1 rings (SSSR count). The number of para-hydroxylation sites is 1. The second-order valence-corrected chi connectivity index (χ2v) is 2.47. The fourth-order valence-corrected chi connectivity index (χ4v) is 1.09. The van der Waals surface area contributed by atoms with E-state index in [4.69, 9.17) is 9.47 Å². The zero-order chi connectivity index (χ0) is 10.4. The van der Waals surface area contributed by atoms with Crippen LogP contribution in [0.3, 0.4) is 0 Å². The van der Waals surface area contributed by atoms with E-state index in [-0.39, 0.29) is 0 Å². The Morgan fingerprint density at radius 3 is 2.43 bits per heavy atom. The van der Waals surface area contributed by atoms with Crippen LogP contribution in [0.25, 0.3) is 0 Å². The molecule has 1 aromatic carbocycles. The van der Waals surface area contributed by atoms with Gasteiger partial charge in [-0.25, -0.2) is 0 Å². The quantitative estimate of drug-likeness (QED) is 0.667. The van der Waals surface area contributed by atoms with Gasteiger partial charge in [0.1, 0.15) is 6.11 Å². The Morgan fingerprint density at radius 1 is 1.07 bits per heavy atom. The molecule has 74 valence electrons. The van der Waals surface area contributed by atoms with Crippen molar-refractivity contribution in [3.05, 3.63) is 23.8 Å². The summed E-state index contributed by atoms with van der Waals surface area (Å²) in [6, 6.07) is 5.51. The highest BCUT2D eigenvalue weighted by Gasteiger charge is 2.06. The van der Waals surface area contributed by atoms with Crippen LogP contribution in [0.4, 0.5) is 0 Å². The van der Waals surface area contributed by atoms with Crippen molar-refractivity contribution in [3.8, 4) is 23.5 Å². The van der Waals surface area contributed by atoms with Crippen LogP contribution in [0.5, 0.6) is 11.5 Å². The van der Waals surface area contributed by atoms with E-state index in [1.54, 1.807) is 14.2 Å². The van der Waals surface area contributed by atoms with Crippen LogP contribution in [0, 0.1) is 12.0 Å². The lowest BCUT2D eigenvalue weighted by atomic mass is 10.2. The maximum Gasteiger partial charge on any atom is 0.176 e. The summed E-state index contributed by atoms with van der Waals surface area (Å²) >= 11 is 0. The van der Waals surface area contributed by atoms with Crippen molar-refractivity contribution < 1.29 is 14.2 Å². The maximum absolute atomic E-state index is 5.18. The zero-order valence-electron chi connectivity index (χ0n) is 8.46. The fraction of sp³-hybridized carbons (Fsp3) is 0.273. The molecule has 3 heteroatoms. The average molecular weight is 192 g/mol. The van der Waals surface area contributed by atoms with Gasteiger partial charge in [-0.05, 0) is 18.1 Å². The molecule has 0 saturated carbocycles. The monoisotopic (exact) mass is 192 g/mol. The third kappa shape index (κ3) is 2.11. The third-order valence-corrected chi connectivity index (χ3v) is 1.69. The molecule has 0 N–H and O–H groups in total. The molecular weight excluding hydrogens is 180 g/mol. The predicted molar refractivity (Wildman–Crippen MR) is 53.4 cm³/mol. The van der Waals surface area contributed by atoms with Gasteiger partial charge < -0.3 is 14.2 Å². The van der Waals surface area contributed by atoms with Crippen molar-refractivity contribution in [3.63, 3.8) is 0 Å². The SMILES string of the molecule is COC#Cc1cccc(OC)c1OC. The van der Waals surface area contributed by atoms with Gasteiger partial charge in [0.15, 0.2) is 11.5 Å². The Bertz CT molecular complexity index is 361. The first-order valence-corrected chi connectivity index (χ1v) is 4.08. The highest BCUT2D eigenvalue weighted by atomic mass is 16.5. The molecule has 0 radical (unpaired) electrons. The molecule has 0 heterocycles. The molecule has 0 bridgehead atoms. The first-order valence-electron chi connectivity index (χ1n) is 4.08. The molecule has 0 unspecified atom stereocenters. The molecule has 0 atom stereocenters. The van der Waals surface area contributed by atoms with Gasteiger partial charge in [0, 0.05) is 0 Å². The van der Waals surface area contributed by atoms with Crippen LogP contribution in [0.15, 0.2) is 18.2 Å². The number of hydrogen-bond acceptors (Lipinski definition) is 3. The summed E-state index contributed by atoms with van der Waals surface area (Å²) in [5.41, 5.74) is 0.744. The summed E-state index contributed by atoms with van der Waals surface area (Å²) in [4.78, 5) is 0. The topological polar surface area (TPSA) is 27.7 Å². The molecule has 3 nitrogen and oxygen atoms in total. The van der Waals surface area contributed by atoms with Crippen LogP contribution in [-0.2, 0) is 4.74 Å². The van der Waals surface area contributed by atoms with E-state index in [1.165, 1.54) is 7.11 Å². The van der Waals surface area contributed by atoms with Crippen molar-refractivity contribution in [2.24, 2.45) is 0 Å². The molecule has 0 saturated heterocycles. The Kier molecular flexibility index (Phi) is 3.69. The first kappa shape index (κ1) is 10.3. The second kappa shape index (κ2) is 5.03. The van der Waals surface area contributed by atoms with E-state index < -0.39 is 0 Å². The molecule has 0 spiro atoms. The van der Waals surface area contributed by atoms with Crippen molar-refractivity contribution in [2.45, 2.75) is 0 Å². The minimum absolute atomic E-state index is 0.625. The number of hydrogen-bond donors (Lipinski definition) is 0. The average Bonchev–Trinajstić information content (AvgIpc) is 2.25. The summed E-state index contributed by atoms with van der Waals surface area (Å²) in [5, 5.41) is 0. The summed E-state index contributed by atoms with van der Waals surface area (Å²) in [6.07, 6.45) is 2.51. The van der Waals surface area contributed by atoms with Crippen LogP contribution in [0.2, 0.25) is 0 Å². The zero-order valence-corrected chi connectivity index (χ0v) is 8.46. The summed E-state index contributed by atoms with van der Waals surface area (Å²) in [5.74, 6) is 4.10. The lowest BCUT2D eigenvalue weighted by Crippen LogP contribution is -1.93. The number of ether oxygens (including phenoxy) is 3. The first-order chi connectivity index (χ1) is 6.83. The molecule has 0 aliphatic carbocycles. The van der Waals surface area contributed by atoms with Crippen molar-refractivity contribution in [1.29, 1.82) is 0 Å². The Balaban J connectivity index is 3.15. The van der Waals surface area contributed by atoms with Crippen molar-refractivity contribution >= 4 is 0 Å². The molecule has 0 aliphatic rings. The Morgan fingerprint density at radius 2 is 1.86 bits per heavy atom. The van der Waals surface area contributed by atoms with Crippen molar-refractivity contribution in [2.75, 3.05) is 21.3 Å². The van der Waals surface area contributed by atoms with Gasteiger partial charge >= 0.3 is 0 Å². The maximum atomic E-state index is 5.18. The van der Waals surface area contributed by atoms with E-state index >= 15 is 0 Å². The van der Waals surface area contributed by atoms with Crippen LogP contribution in [-0.4, -0.2) is 21.3 Å². The van der Waals surface area contributed by atoms with Gasteiger partial charge in [0.2, 0.25) is 0 Å². The highest BCUT2D eigenvalue weighted by molar-refractivity contribution is 5.53. The lowest BCUT2D eigenvalue weighted by molar-refractivity contribution is 0.353. The summed E-state index contributed by atoms with van der Waals surface area (Å²) < 4.78 is 15.0. The number of methoxy groups -OCH3 is 3. The minimum atomic E-state index is 0.625. The minimum Gasteiger partial charge on any atom is -0.493 e. The van der Waals surface area contributed by atoms with Crippen LogP contribution in [0.1, 0.15) is 5.56 Å². The number of benzene rings is 1. The van der Waals surface area contributed by atoms with Gasteiger partial charge in [-0.1, -0.05) is 6.07 Å². The van der Waals surface area contributed by atoms with Crippen LogP contribution < -0.4 is 9.47 Å². The Labute approximate surface area is 83.6 Å². The van der Waals surface area contributed by atoms with Gasteiger partial charge in [0.05, 0.1) is 26.9 Å². The highest BCUT2D eigenvalue weighted by Crippen LogP contribution is 2.29. The van der Waals surface area contributed by atoms with Gasteiger partial charge in [-0.15, -0.1) is 0 Å². The molecule has 14 heavy (non-hydrogen) atoms. The third-order valence-electron chi connectivity index (χ3n) is 1.69. The molecule has 0 aromatic heterocycles. The summed E-state index contributed by atoms with van der Waals surface area (Å²) in [6.45, 7) is 0. The lowest BCUT2D eigenvalue weighted by Gasteiger charge is -2.08.